The summed E-state index contributed by atoms with van der Waals surface area (Å²) in [5, 5.41) is 80.0. The fourth-order valence-electron chi connectivity index (χ4n) is 4.46. The second kappa shape index (κ2) is 29.9. The number of hydrogen-bond donors (Lipinski definition) is 11. The van der Waals surface area contributed by atoms with Gasteiger partial charge in [-0.15, -0.1) is 0 Å². The van der Waals surface area contributed by atoms with Gasteiger partial charge in [0, 0.05) is 56.2 Å². The maximum absolute atomic E-state index is 12.3. The van der Waals surface area contributed by atoms with Crippen LogP contribution in [0.1, 0.15) is 78.6 Å². The fraction of sp³-hybridized carbons (Fsp3) is 0.727. The summed E-state index contributed by atoms with van der Waals surface area (Å²) in [4.78, 5) is 35.2. The summed E-state index contributed by atoms with van der Waals surface area (Å²) >= 11 is 0. The number of hydroxylamine groups is 6. The van der Waals surface area contributed by atoms with E-state index in [-0.39, 0.29) is 101 Å². The number of ether oxygens (including phenoxy) is 2. The van der Waals surface area contributed by atoms with Crippen molar-refractivity contribution in [2.24, 2.45) is 17.2 Å². The molecular formula is C33H62FeN6O13. The number of rotatable bonds is 29. The van der Waals surface area contributed by atoms with Gasteiger partial charge in [0.25, 0.3) is 0 Å². The molecule has 0 saturated heterocycles. The van der Waals surface area contributed by atoms with E-state index in [1.165, 1.54) is 18.2 Å². The monoisotopic (exact) mass is 806 g/mol. The number of aliphatic hydroxyl groups is 4. The van der Waals surface area contributed by atoms with Crippen LogP contribution in [0, 0.1) is 0 Å². The van der Waals surface area contributed by atoms with E-state index < -0.39 is 54.7 Å². The van der Waals surface area contributed by atoms with Gasteiger partial charge in [-0.2, -0.15) is 15.2 Å². The molecule has 0 radical (unpaired) electrons. The summed E-state index contributed by atoms with van der Waals surface area (Å²) in [7, 11) is 0. The van der Waals surface area contributed by atoms with E-state index in [9.17, 15) is 45.3 Å². The molecule has 310 valence electrons. The Morgan fingerprint density at radius 1 is 0.604 bits per heavy atom. The van der Waals surface area contributed by atoms with Crippen molar-refractivity contribution in [1.29, 1.82) is 0 Å². The Labute approximate surface area is 321 Å². The van der Waals surface area contributed by atoms with E-state index >= 15 is 0 Å². The summed E-state index contributed by atoms with van der Waals surface area (Å²) in [6.07, 6.45) is 2.30. The Bertz CT molecular complexity index is 1150. The third kappa shape index (κ3) is 25.4. The maximum Gasteiger partial charge on any atom is 0.322 e. The van der Waals surface area contributed by atoms with Gasteiger partial charge in [0.05, 0.1) is 13.2 Å². The molecule has 0 spiro atoms. The van der Waals surface area contributed by atoms with Crippen molar-refractivity contribution in [3.8, 4) is 0 Å². The molecule has 14 N–H and O–H groups in total. The van der Waals surface area contributed by atoms with E-state index in [1.54, 1.807) is 20.8 Å². The molecule has 19 nitrogen and oxygen atoms in total. The number of nitrogens with two attached hydrogens (primary N) is 3. The summed E-state index contributed by atoms with van der Waals surface area (Å²) in [5.41, 5.74) is 19.1. The largest absolute Gasteiger partial charge is 0.480 e. The third-order valence-corrected chi connectivity index (χ3v) is 7.83. The smallest absolute Gasteiger partial charge is 0.322 e. The number of carboxylic acids is 1. The number of carbonyl (C=O) groups is 3. The number of aliphatic hydroxyl groups excluding tert-OH is 4. The van der Waals surface area contributed by atoms with Crippen molar-refractivity contribution in [3.63, 3.8) is 0 Å². The van der Waals surface area contributed by atoms with Crippen molar-refractivity contribution >= 4 is 17.9 Å². The number of esters is 2. The van der Waals surface area contributed by atoms with Crippen LogP contribution in [-0.4, -0.2) is 151 Å². The number of carbonyl (C=O) groups excluding carboxylic acids is 2. The molecule has 0 bridgehead atoms. The molecule has 6 unspecified atom stereocenters. The van der Waals surface area contributed by atoms with Gasteiger partial charge in [0.1, 0.15) is 36.8 Å². The molecule has 0 aliphatic heterocycles. The molecule has 0 saturated carbocycles. The van der Waals surface area contributed by atoms with E-state index in [4.69, 9.17) is 36.9 Å². The first kappa shape index (κ1) is 52.7. The van der Waals surface area contributed by atoms with Crippen molar-refractivity contribution in [2.45, 2.75) is 115 Å². The summed E-state index contributed by atoms with van der Waals surface area (Å²) in [6.45, 7) is 4.95. The molecule has 0 fully saturated rings. The van der Waals surface area contributed by atoms with Gasteiger partial charge in [-0.05, 0) is 83.9 Å². The van der Waals surface area contributed by atoms with Crippen LogP contribution in [0.25, 0.3) is 0 Å². The standard InChI is InChI=1S/C33H62N6O13.Fe/c1-22(10-16-40)19-28(41)38(49)14-5-8-26(35)32(46)52-18-12-24(3)21-30(43)39(50)15-6-9-27(36)33(47)51-17-11-23(2)20-29(42)37(48)13-4-7-25(34)31(44)45;/h19-21,25-30,40-43,48-50H,4-18,34-36H2,1-3H3,(H,44,45);. The number of hydrogen-bond acceptors (Lipinski definition) is 18. The van der Waals surface area contributed by atoms with Gasteiger partial charge in [0.2, 0.25) is 0 Å². The maximum atomic E-state index is 12.3. The van der Waals surface area contributed by atoms with Crippen LogP contribution in [-0.2, 0) is 40.9 Å². The number of aliphatic carboxylic acids is 1. The van der Waals surface area contributed by atoms with E-state index in [2.05, 4.69) is 0 Å². The summed E-state index contributed by atoms with van der Waals surface area (Å²) < 4.78 is 10.4. The predicted octanol–water partition coefficient (Wildman–Crippen LogP) is -0.492. The minimum atomic E-state index is -1.37. The Hall–Kier alpha value is -2.37. The van der Waals surface area contributed by atoms with Gasteiger partial charge >= 0.3 is 17.9 Å². The van der Waals surface area contributed by atoms with Gasteiger partial charge in [0.15, 0.2) is 0 Å². The molecule has 53 heavy (non-hydrogen) atoms. The Balaban J connectivity index is 0. The van der Waals surface area contributed by atoms with Gasteiger partial charge in [-0.3, -0.25) is 14.4 Å². The topological polar surface area (TPSA) is 319 Å². The van der Waals surface area contributed by atoms with Gasteiger partial charge in [-0.1, -0.05) is 16.7 Å². The Kier molecular flexibility index (Phi) is 29.8. The first-order valence-electron chi connectivity index (χ1n) is 17.3. The average molecular weight is 807 g/mol. The van der Waals surface area contributed by atoms with Crippen molar-refractivity contribution in [3.05, 3.63) is 34.9 Å². The van der Waals surface area contributed by atoms with Crippen molar-refractivity contribution < 1.29 is 82.1 Å². The molecule has 0 amide bonds. The molecule has 0 rings (SSSR count). The second-order valence-corrected chi connectivity index (χ2v) is 12.7. The molecule has 0 aliphatic carbocycles. The van der Waals surface area contributed by atoms with Crippen LogP contribution in [0.3, 0.4) is 0 Å². The van der Waals surface area contributed by atoms with Crippen LogP contribution in [0.2, 0.25) is 0 Å². The fourth-order valence-corrected chi connectivity index (χ4v) is 4.46. The quantitative estimate of drug-likeness (QED) is 0.0149. The second-order valence-electron chi connectivity index (χ2n) is 12.7. The molecule has 20 heteroatoms. The zero-order valence-electron chi connectivity index (χ0n) is 30.8. The van der Waals surface area contributed by atoms with Gasteiger partial charge in [-0.25, -0.2) is 0 Å². The van der Waals surface area contributed by atoms with Crippen LogP contribution < -0.4 is 17.2 Å². The Morgan fingerprint density at radius 2 is 0.906 bits per heavy atom. The van der Waals surface area contributed by atoms with Crippen molar-refractivity contribution in [2.75, 3.05) is 39.5 Å². The molecule has 0 aromatic rings. The third-order valence-electron chi connectivity index (χ3n) is 7.83. The van der Waals surface area contributed by atoms with E-state index in [0.717, 1.165) is 0 Å². The number of carboxylic acid groups (broad SMARTS) is 1. The SMILES string of the molecule is CC(=CC(O)N(O)CCCC(N)C(=O)OCCC(C)=CC(O)N(O)CCCC(N)C(=O)OCCC(C)=CC(O)N(O)CCCC(N)C(=O)O)CCO.[Fe]. The predicted molar refractivity (Wildman–Crippen MR) is 187 cm³/mol. The zero-order valence-corrected chi connectivity index (χ0v) is 32.0. The number of nitrogens with zero attached hydrogens (tertiary/aromatic N) is 3. The normalized spacial score (nSPS) is 16.2. The molecular weight excluding hydrogens is 744 g/mol. The molecule has 6 atom stereocenters. The van der Waals surface area contributed by atoms with Gasteiger partial charge < -0.3 is 67.8 Å². The summed E-state index contributed by atoms with van der Waals surface area (Å²) in [5.74, 6) is -2.47. The average Bonchev–Trinajstić information content (AvgIpc) is 3.07. The van der Waals surface area contributed by atoms with E-state index in [1.807, 2.05) is 0 Å². The first-order valence-corrected chi connectivity index (χ1v) is 17.3. The van der Waals surface area contributed by atoms with Crippen LogP contribution in [0.15, 0.2) is 34.9 Å². The van der Waals surface area contributed by atoms with Crippen LogP contribution >= 0.6 is 0 Å². The molecule has 0 aromatic carbocycles. The van der Waals surface area contributed by atoms with Crippen LogP contribution in [0.5, 0.6) is 0 Å². The molecule has 0 aromatic heterocycles. The van der Waals surface area contributed by atoms with Crippen LogP contribution in [0.4, 0.5) is 0 Å². The minimum Gasteiger partial charge on any atom is -0.480 e. The molecule has 0 heterocycles. The minimum absolute atomic E-state index is 0. The zero-order chi connectivity index (χ0) is 39.8. The first-order chi connectivity index (χ1) is 24.4. The Morgan fingerprint density at radius 3 is 1.21 bits per heavy atom. The molecule has 0 aliphatic rings. The van der Waals surface area contributed by atoms with Crippen molar-refractivity contribution in [1.82, 2.24) is 15.2 Å². The summed E-state index contributed by atoms with van der Waals surface area (Å²) in [6, 6.07) is -2.99. The van der Waals surface area contributed by atoms with E-state index in [0.29, 0.717) is 44.8 Å².